The maximum atomic E-state index is 11.1. The molecule has 5 nitrogen and oxygen atoms in total. The van der Waals surface area contributed by atoms with Crippen LogP contribution in [0.2, 0.25) is 0 Å². The van der Waals surface area contributed by atoms with Crippen LogP contribution in [0.25, 0.3) is 0 Å². The van der Waals surface area contributed by atoms with Gasteiger partial charge in [-0.05, 0) is 22.6 Å². The van der Waals surface area contributed by atoms with Gasteiger partial charge in [-0.25, -0.2) is 9.59 Å². The van der Waals surface area contributed by atoms with Crippen LogP contribution in [0.1, 0.15) is 13.8 Å². The smallest absolute Gasteiger partial charge is 0.353 e. The molecule has 0 bridgehead atoms. The number of rotatable bonds is 0. The average Bonchev–Trinajstić information content (AvgIpc) is 1.78. The topological polar surface area (TPSA) is 72.8 Å². The van der Waals surface area contributed by atoms with Crippen molar-refractivity contribution >= 4 is 34.5 Å². The molecule has 0 unspecified atom stereocenters. The molecule has 0 amide bonds. The Balaban J connectivity index is 3.04. The number of aliphatic hydroxyl groups excluding tert-OH is 1. The normalized spacial score (nSPS) is 20.7. The van der Waals surface area contributed by atoms with Gasteiger partial charge in [-0.15, -0.1) is 0 Å². The first-order chi connectivity index (χ1) is 5.83. The fourth-order valence-corrected chi connectivity index (χ4v) is 1.26. The Labute approximate surface area is 87.8 Å². The lowest BCUT2D eigenvalue weighted by atomic mass is 10.2. The number of cyclic esters (lactones) is 2. The van der Waals surface area contributed by atoms with Crippen molar-refractivity contribution in [3.63, 3.8) is 0 Å². The molecule has 1 fully saturated rings. The molecule has 0 spiro atoms. The molecule has 13 heavy (non-hydrogen) atoms. The van der Waals surface area contributed by atoms with E-state index in [1.165, 1.54) is 36.4 Å². The minimum atomic E-state index is -1.26. The quantitative estimate of drug-likeness (QED) is 0.238. The van der Waals surface area contributed by atoms with Gasteiger partial charge in [0.05, 0.1) is 0 Å². The Morgan fingerprint density at radius 2 is 1.69 bits per heavy atom. The van der Waals surface area contributed by atoms with E-state index in [-0.39, 0.29) is 0 Å². The Bertz CT molecular complexity index is 278. The van der Waals surface area contributed by atoms with E-state index in [1.807, 2.05) is 0 Å². The lowest BCUT2D eigenvalue weighted by Gasteiger charge is -2.29. The number of hydrogen-bond acceptors (Lipinski definition) is 5. The van der Waals surface area contributed by atoms with Crippen LogP contribution in [0, 0.1) is 0 Å². The van der Waals surface area contributed by atoms with Crippen LogP contribution in [0.15, 0.2) is 9.34 Å². The van der Waals surface area contributed by atoms with Gasteiger partial charge in [0.1, 0.15) is 0 Å². The number of carbonyl (C=O) groups excluding carboxylic acids is 2. The number of hydrogen-bond donors (Lipinski definition) is 1. The molecule has 0 atom stereocenters. The van der Waals surface area contributed by atoms with Crippen molar-refractivity contribution in [2.75, 3.05) is 0 Å². The van der Waals surface area contributed by atoms with E-state index in [4.69, 9.17) is 14.6 Å². The third-order valence-corrected chi connectivity index (χ3v) is 1.83. The van der Waals surface area contributed by atoms with Crippen molar-refractivity contribution in [3.05, 3.63) is 9.34 Å². The van der Waals surface area contributed by atoms with Crippen molar-refractivity contribution < 1.29 is 24.2 Å². The summed E-state index contributed by atoms with van der Waals surface area (Å²) in [5.41, 5.74) is -0.458. The minimum Gasteiger partial charge on any atom is -0.502 e. The first-order valence-corrected chi connectivity index (χ1v) is 4.47. The molecular weight excluding hydrogens is 291 g/mol. The van der Waals surface area contributed by atoms with Crippen LogP contribution in [0.5, 0.6) is 0 Å². The minimum absolute atomic E-state index is 0.428. The van der Waals surface area contributed by atoms with Gasteiger partial charge >= 0.3 is 11.9 Å². The lowest BCUT2D eigenvalue weighted by Crippen LogP contribution is -2.42. The fraction of sp³-hybridized carbons (Fsp3) is 0.429. The van der Waals surface area contributed by atoms with Gasteiger partial charge in [0.25, 0.3) is 5.79 Å². The Hall–Kier alpha value is -0.790. The highest BCUT2D eigenvalue weighted by molar-refractivity contribution is 14.1. The predicted octanol–water partition coefficient (Wildman–Crippen LogP) is 1.03. The van der Waals surface area contributed by atoms with Crippen molar-refractivity contribution in [3.8, 4) is 0 Å². The Morgan fingerprint density at radius 3 is 2.00 bits per heavy atom. The number of carbonyl (C=O) groups is 2. The number of aliphatic hydroxyl groups is 1. The van der Waals surface area contributed by atoms with Gasteiger partial charge in [0.15, 0.2) is 9.34 Å². The zero-order valence-electron chi connectivity index (χ0n) is 6.96. The molecule has 0 aromatic heterocycles. The summed E-state index contributed by atoms with van der Waals surface area (Å²) in [5, 5.41) is 8.95. The second-order valence-electron chi connectivity index (χ2n) is 2.84. The van der Waals surface area contributed by atoms with Crippen LogP contribution in [-0.4, -0.2) is 22.8 Å². The maximum absolute atomic E-state index is 11.1. The summed E-state index contributed by atoms with van der Waals surface area (Å²) in [6.45, 7) is 2.87. The summed E-state index contributed by atoms with van der Waals surface area (Å²) in [6.07, 6.45) is 0. The third-order valence-electron chi connectivity index (χ3n) is 1.29. The first kappa shape index (κ1) is 10.3. The summed E-state index contributed by atoms with van der Waals surface area (Å²) < 4.78 is 9.00. The fourth-order valence-electron chi connectivity index (χ4n) is 0.821. The van der Waals surface area contributed by atoms with Crippen molar-refractivity contribution in [1.82, 2.24) is 0 Å². The molecule has 0 aliphatic carbocycles. The largest absolute Gasteiger partial charge is 0.502 e. The van der Waals surface area contributed by atoms with E-state index in [1.54, 1.807) is 0 Å². The van der Waals surface area contributed by atoms with Crippen LogP contribution in [0.3, 0.4) is 0 Å². The van der Waals surface area contributed by atoms with Crippen LogP contribution in [-0.2, 0) is 19.1 Å². The summed E-state index contributed by atoms with van der Waals surface area (Å²) in [5.74, 6) is -3.00. The zero-order chi connectivity index (χ0) is 10.2. The summed E-state index contributed by atoms with van der Waals surface area (Å²) >= 11 is 1.44. The highest BCUT2D eigenvalue weighted by Gasteiger charge is 2.40. The van der Waals surface area contributed by atoms with Gasteiger partial charge in [-0.1, -0.05) is 0 Å². The zero-order valence-corrected chi connectivity index (χ0v) is 9.12. The van der Waals surface area contributed by atoms with E-state index in [0.29, 0.717) is 0 Å². The van der Waals surface area contributed by atoms with Crippen LogP contribution >= 0.6 is 22.6 Å². The average molecular weight is 298 g/mol. The van der Waals surface area contributed by atoms with E-state index in [0.717, 1.165) is 0 Å². The lowest BCUT2D eigenvalue weighted by molar-refractivity contribution is -0.222. The first-order valence-electron chi connectivity index (χ1n) is 3.39. The van der Waals surface area contributed by atoms with Crippen molar-refractivity contribution in [2.45, 2.75) is 19.6 Å². The highest BCUT2D eigenvalue weighted by Crippen LogP contribution is 2.25. The van der Waals surface area contributed by atoms with Gasteiger partial charge in [-0.3, -0.25) is 0 Å². The molecule has 72 valence electrons. The molecular formula is C7H7IO5. The maximum Gasteiger partial charge on any atom is 0.353 e. The summed E-state index contributed by atoms with van der Waals surface area (Å²) in [6, 6.07) is 0. The number of ether oxygens (including phenoxy) is 2. The molecule has 0 aromatic carbocycles. The second-order valence-corrected chi connectivity index (χ2v) is 3.87. The summed E-state index contributed by atoms with van der Waals surface area (Å²) in [7, 11) is 0. The molecule has 0 radical (unpaired) electrons. The van der Waals surface area contributed by atoms with E-state index >= 15 is 0 Å². The van der Waals surface area contributed by atoms with Gasteiger partial charge < -0.3 is 14.6 Å². The van der Waals surface area contributed by atoms with E-state index < -0.39 is 27.1 Å². The van der Waals surface area contributed by atoms with Crippen LogP contribution < -0.4 is 0 Å². The van der Waals surface area contributed by atoms with Crippen molar-refractivity contribution in [2.24, 2.45) is 0 Å². The standard InChI is InChI=1S/C7H7IO5/c1-7(2)12-5(10)3(4(8)9)6(11)13-7/h9H,1-2H3. The molecule has 1 N–H and O–H groups in total. The van der Waals surface area contributed by atoms with Gasteiger partial charge in [0.2, 0.25) is 0 Å². The Kier molecular flexibility index (Phi) is 2.51. The molecule has 0 saturated carbocycles. The van der Waals surface area contributed by atoms with Gasteiger partial charge in [0, 0.05) is 13.8 Å². The highest BCUT2D eigenvalue weighted by atomic mass is 127. The van der Waals surface area contributed by atoms with E-state index in [2.05, 4.69) is 0 Å². The van der Waals surface area contributed by atoms with E-state index in [9.17, 15) is 9.59 Å². The van der Waals surface area contributed by atoms with Crippen molar-refractivity contribution in [1.29, 1.82) is 0 Å². The predicted molar refractivity (Wildman–Crippen MR) is 49.9 cm³/mol. The molecule has 0 aromatic rings. The van der Waals surface area contributed by atoms with Gasteiger partial charge in [-0.2, -0.15) is 0 Å². The molecule has 1 aliphatic heterocycles. The number of esters is 2. The monoisotopic (exact) mass is 298 g/mol. The third kappa shape index (κ3) is 2.11. The molecule has 1 saturated heterocycles. The number of halogens is 1. The molecule has 1 aliphatic rings. The second kappa shape index (κ2) is 3.17. The van der Waals surface area contributed by atoms with Crippen LogP contribution in [0.4, 0.5) is 0 Å². The molecule has 6 heteroatoms. The molecule has 1 rings (SSSR count). The summed E-state index contributed by atoms with van der Waals surface area (Å²) in [4.78, 5) is 22.2. The SMILES string of the molecule is CC1(C)OC(=O)C(=C(O)I)C(=O)O1. The Morgan fingerprint density at radius 1 is 1.31 bits per heavy atom. The molecule has 1 heterocycles.